The quantitative estimate of drug-likeness (QED) is 0.682. The summed E-state index contributed by atoms with van der Waals surface area (Å²) in [6, 6.07) is 0. The molecule has 80 valence electrons. The van der Waals surface area contributed by atoms with E-state index in [0.29, 0.717) is 12.3 Å². The molecule has 1 amide bonds. The molecule has 0 unspecified atom stereocenters. The maximum absolute atomic E-state index is 11.8. The lowest BCUT2D eigenvalue weighted by atomic mass is 9.85. The normalized spacial score (nSPS) is 25.6. The summed E-state index contributed by atoms with van der Waals surface area (Å²) in [6.45, 7) is 5.11. The van der Waals surface area contributed by atoms with Gasteiger partial charge in [0.25, 0.3) is 0 Å². The van der Waals surface area contributed by atoms with Gasteiger partial charge in [0.1, 0.15) is 0 Å². The van der Waals surface area contributed by atoms with Gasteiger partial charge in [0.05, 0.1) is 0 Å². The van der Waals surface area contributed by atoms with Crippen LogP contribution in [0.2, 0.25) is 0 Å². The Bertz CT molecular complexity index is 221. The third-order valence-corrected chi connectivity index (χ3v) is 3.73. The van der Waals surface area contributed by atoms with Gasteiger partial charge in [-0.25, -0.2) is 0 Å². The molecule has 3 heteroatoms. The molecule has 1 spiro atoms. The average molecular weight is 196 g/mol. The third kappa shape index (κ3) is 1.54. The molecule has 0 aromatic carbocycles. The summed E-state index contributed by atoms with van der Waals surface area (Å²) in [4.78, 5) is 14.0. The first-order chi connectivity index (χ1) is 6.78. The maximum Gasteiger partial charge on any atom is 0.222 e. The highest BCUT2D eigenvalue weighted by atomic mass is 16.2. The Kier molecular flexibility index (Phi) is 2.77. The lowest BCUT2D eigenvalue weighted by Crippen LogP contribution is -2.53. The largest absolute Gasteiger partial charge is 0.337 e. The van der Waals surface area contributed by atoms with Gasteiger partial charge in [-0.2, -0.15) is 0 Å². The maximum atomic E-state index is 11.8. The van der Waals surface area contributed by atoms with Crippen molar-refractivity contribution in [1.82, 2.24) is 10.2 Å². The highest BCUT2D eigenvalue weighted by Crippen LogP contribution is 2.36. The van der Waals surface area contributed by atoms with E-state index >= 15 is 0 Å². The second-order valence-electron chi connectivity index (χ2n) is 4.48. The summed E-state index contributed by atoms with van der Waals surface area (Å²) < 4.78 is 0. The van der Waals surface area contributed by atoms with Crippen molar-refractivity contribution in [3.63, 3.8) is 0 Å². The molecule has 1 N–H and O–H groups in total. The first-order valence-electron chi connectivity index (χ1n) is 5.80. The number of carbonyl (C=O) groups excluding carboxylic acids is 1. The van der Waals surface area contributed by atoms with Crippen LogP contribution >= 0.6 is 0 Å². The minimum Gasteiger partial charge on any atom is -0.337 e. The Morgan fingerprint density at radius 1 is 1.36 bits per heavy atom. The molecular weight excluding hydrogens is 176 g/mol. The second-order valence-corrected chi connectivity index (χ2v) is 4.48. The summed E-state index contributed by atoms with van der Waals surface area (Å²) in [5, 5.41) is 3.38. The van der Waals surface area contributed by atoms with Crippen LogP contribution in [0.15, 0.2) is 0 Å². The predicted octanol–water partition coefficient (Wildman–Crippen LogP) is 1.14. The van der Waals surface area contributed by atoms with Crippen molar-refractivity contribution in [3.8, 4) is 0 Å². The van der Waals surface area contributed by atoms with Crippen molar-refractivity contribution in [2.45, 2.75) is 44.6 Å². The van der Waals surface area contributed by atoms with Crippen LogP contribution in [0.5, 0.6) is 0 Å². The van der Waals surface area contributed by atoms with E-state index in [1.165, 1.54) is 12.8 Å². The number of hydrogen-bond donors (Lipinski definition) is 1. The first kappa shape index (κ1) is 9.97. The van der Waals surface area contributed by atoms with Gasteiger partial charge < -0.3 is 10.2 Å². The van der Waals surface area contributed by atoms with Crippen LogP contribution in [0, 0.1) is 0 Å². The molecule has 0 bridgehead atoms. The fourth-order valence-corrected chi connectivity index (χ4v) is 2.93. The Morgan fingerprint density at radius 3 is 2.71 bits per heavy atom. The number of nitrogens with one attached hydrogen (secondary N) is 1. The Morgan fingerprint density at radius 2 is 2.07 bits per heavy atom. The number of rotatable bonds is 1. The van der Waals surface area contributed by atoms with Gasteiger partial charge in [0, 0.05) is 18.5 Å². The molecule has 14 heavy (non-hydrogen) atoms. The number of amides is 1. The lowest BCUT2D eigenvalue weighted by molar-refractivity contribution is -0.135. The van der Waals surface area contributed by atoms with Crippen LogP contribution in [0.4, 0.5) is 0 Å². The van der Waals surface area contributed by atoms with Crippen molar-refractivity contribution in [2.24, 2.45) is 0 Å². The van der Waals surface area contributed by atoms with Gasteiger partial charge in [-0.15, -0.1) is 0 Å². The van der Waals surface area contributed by atoms with Crippen molar-refractivity contribution in [1.29, 1.82) is 0 Å². The molecular formula is C11H20N2O. The topological polar surface area (TPSA) is 32.3 Å². The summed E-state index contributed by atoms with van der Waals surface area (Å²) in [7, 11) is 0. The van der Waals surface area contributed by atoms with Crippen LogP contribution in [0.3, 0.4) is 0 Å². The monoisotopic (exact) mass is 196 g/mol. The van der Waals surface area contributed by atoms with Crippen LogP contribution in [0.25, 0.3) is 0 Å². The number of carbonyl (C=O) groups is 1. The number of likely N-dealkylation sites (tertiary alicyclic amines) is 1. The van der Waals surface area contributed by atoms with E-state index < -0.39 is 0 Å². The van der Waals surface area contributed by atoms with Crippen molar-refractivity contribution in [3.05, 3.63) is 0 Å². The molecule has 3 nitrogen and oxygen atoms in total. The van der Waals surface area contributed by atoms with Crippen molar-refractivity contribution in [2.75, 3.05) is 19.6 Å². The first-order valence-corrected chi connectivity index (χ1v) is 5.80. The Labute approximate surface area is 85.8 Å². The molecule has 0 saturated carbocycles. The molecule has 0 aliphatic carbocycles. The van der Waals surface area contributed by atoms with Gasteiger partial charge in [-0.05, 0) is 38.8 Å². The fraction of sp³-hybridized carbons (Fsp3) is 0.909. The van der Waals surface area contributed by atoms with E-state index in [1.807, 2.05) is 6.92 Å². The molecule has 2 heterocycles. The van der Waals surface area contributed by atoms with Gasteiger partial charge in [0.15, 0.2) is 0 Å². The van der Waals surface area contributed by atoms with Crippen molar-refractivity contribution < 1.29 is 4.79 Å². The molecule has 0 aromatic rings. The predicted molar refractivity (Wildman–Crippen MR) is 56.1 cm³/mol. The molecule has 2 saturated heterocycles. The number of piperidine rings is 1. The zero-order valence-corrected chi connectivity index (χ0v) is 9.01. The summed E-state index contributed by atoms with van der Waals surface area (Å²) in [5.74, 6) is 0.351. The minimum absolute atomic E-state index is 0.234. The molecule has 2 rings (SSSR count). The Hall–Kier alpha value is -0.570. The van der Waals surface area contributed by atoms with E-state index in [2.05, 4.69) is 10.2 Å². The van der Waals surface area contributed by atoms with Crippen LogP contribution in [-0.4, -0.2) is 36.0 Å². The van der Waals surface area contributed by atoms with E-state index in [4.69, 9.17) is 0 Å². The highest BCUT2D eigenvalue weighted by Gasteiger charge is 2.43. The van der Waals surface area contributed by atoms with Crippen molar-refractivity contribution >= 4 is 5.91 Å². The smallest absolute Gasteiger partial charge is 0.222 e. The van der Waals surface area contributed by atoms with E-state index in [-0.39, 0.29) is 5.54 Å². The number of hydrogen-bond acceptors (Lipinski definition) is 2. The number of nitrogens with zero attached hydrogens (tertiary/aromatic N) is 1. The summed E-state index contributed by atoms with van der Waals surface area (Å²) in [6.07, 6.45) is 5.39. The van der Waals surface area contributed by atoms with Gasteiger partial charge in [-0.1, -0.05) is 6.92 Å². The van der Waals surface area contributed by atoms with Gasteiger partial charge >= 0.3 is 0 Å². The van der Waals surface area contributed by atoms with E-state index in [9.17, 15) is 4.79 Å². The Balaban J connectivity index is 2.11. The van der Waals surface area contributed by atoms with E-state index in [0.717, 1.165) is 32.5 Å². The van der Waals surface area contributed by atoms with Gasteiger partial charge in [-0.3, -0.25) is 4.79 Å². The average Bonchev–Trinajstić information content (AvgIpc) is 2.62. The third-order valence-electron chi connectivity index (χ3n) is 3.73. The zero-order valence-electron chi connectivity index (χ0n) is 9.01. The molecule has 2 aliphatic rings. The summed E-state index contributed by atoms with van der Waals surface area (Å²) >= 11 is 0. The van der Waals surface area contributed by atoms with Gasteiger partial charge in [0.2, 0.25) is 5.91 Å². The molecule has 0 atom stereocenters. The molecule has 2 fully saturated rings. The summed E-state index contributed by atoms with van der Waals surface area (Å²) in [5.41, 5.74) is 0.234. The SMILES string of the molecule is CCC(=O)N1CCCC12CCNCC2. The lowest BCUT2D eigenvalue weighted by Gasteiger charge is -2.41. The molecule has 0 radical (unpaired) electrons. The molecule has 2 aliphatic heterocycles. The van der Waals surface area contributed by atoms with Crippen LogP contribution < -0.4 is 5.32 Å². The second kappa shape index (κ2) is 3.89. The van der Waals surface area contributed by atoms with Crippen LogP contribution in [0.1, 0.15) is 39.0 Å². The van der Waals surface area contributed by atoms with Crippen LogP contribution in [-0.2, 0) is 4.79 Å². The standard InChI is InChI=1S/C11H20N2O/c1-2-10(14)13-9-3-4-11(13)5-7-12-8-6-11/h12H,2-9H2,1H3. The molecule has 0 aromatic heterocycles. The fourth-order valence-electron chi connectivity index (χ4n) is 2.93. The van der Waals surface area contributed by atoms with E-state index in [1.54, 1.807) is 0 Å². The highest BCUT2D eigenvalue weighted by molar-refractivity contribution is 5.77. The zero-order chi connectivity index (χ0) is 10.0. The minimum atomic E-state index is 0.234.